The summed E-state index contributed by atoms with van der Waals surface area (Å²) in [7, 11) is 0. The summed E-state index contributed by atoms with van der Waals surface area (Å²) in [5.41, 5.74) is 0.307. The van der Waals surface area contributed by atoms with Crippen molar-refractivity contribution in [2.75, 3.05) is 10.6 Å². The molecule has 2 N–H and O–H groups in total. The number of nitrogens with one attached hydrogen (secondary N) is 2. The second-order valence-corrected chi connectivity index (χ2v) is 7.62. The van der Waals surface area contributed by atoms with Crippen LogP contribution in [0, 0.1) is 21.4 Å². The van der Waals surface area contributed by atoms with Crippen LogP contribution < -0.4 is 10.6 Å². The third kappa shape index (κ3) is 5.85. The number of anilines is 2. The first-order chi connectivity index (χ1) is 15.0. The molecule has 3 aromatic rings. The molecule has 0 aliphatic rings. The Balaban J connectivity index is 1.77. The van der Waals surface area contributed by atoms with Crippen molar-refractivity contribution in [3.63, 3.8) is 0 Å². The van der Waals surface area contributed by atoms with Gasteiger partial charge in [-0.1, -0.05) is 53.7 Å². The molecule has 0 unspecified atom stereocenters. The van der Waals surface area contributed by atoms with Gasteiger partial charge in [-0.15, -0.1) is 0 Å². The minimum atomic E-state index is -0.745. The molecule has 31 heavy (non-hydrogen) atoms. The molecule has 9 heteroatoms. The van der Waals surface area contributed by atoms with Crippen molar-refractivity contribution in [3.8, 4) is 6.07 Å². The lowest BCUT2D eigenvalue weighted by Crippen LogP contribution is -2.15. The lowest BCUT2D eigenvalue weighted by molar-refractivity contribution is -0.384. The van der Waals surface area contributed by atoms with Gasteiger partial charge in [0, 0.05) is 28.1 Å². The predicted octanol–water partition coefficient (Wildman–Crippen LogP) is 5.86. The fraction of sp³-hybridized carbons (Fsp3) is 0. The number of amides is 1. The molecule has 0 spiro atoms. The number of nitriles is 1. The fourth-order valence-electron chi connectivity index (χ4n) is 2.50. The highest BCUT2D eigenvalue weighted by Crippen LogP contribution is 2.33. The molecule has 0 aliphatic carbocycles. The Kier molecular flexibility index (Phi) is 7.27. The summed E-state index contributed by atoms with van der Waals surface area (Å²) in [4.78, 5) is 24.8. The lowest BCUT2D eigenvalue weighted by Gasteiger charge is -2.10. The molecule has 0 saturated carbocycles. The van der Waals surface area contributed by atoms with Crippen molar-refractivity contribution in [2.24, 2.45) is 0 Å². The Labute approximate surface area is 187 Å². The molecular weight excluding hydrogens is 436 g/mol. The number of carbonyl (C=O) groups is 1. The Morgan fingerprint density at radius 3 is 2.48 bits per heavy atom. The minimum absolute atomic E-state index is 0.0436. The number of halogens is 1. The molecular formula is C22H15ClN4O3S. The van der Waals surface area contributed by atoms with Gasteiger partial charge in [-0.25, -0.2) is 0 Å². The van der Waals surface area contributed by atoms with Crippen molar-refractivity contribution >= 4 is 46.3 Å². The molecule has 0 fully saturated rings. The number of nitro benzene ring substituents is 1. The SMILES string of the molecule is N#C/C(=C/Nc1ccccc1Sc1ccccc1)C(=O)Nc1cc([N+](=O)[O-])ccc1Cl. The third-order valence-corrected chi connectivity index (χ3v) is 5.42. The number of hydrogen-bond donors (Lipinski definition) is 2. The van der Waals surface area contributed by atoms with Gasteiger partial charge in [0.15, 0.2) is 0 Å². The van der Waals surface area contributed by atoms with E-state index in [0.717, 1.165) is 15.9 Å². The van der Waals surface area contributed by atoms with Crippen molar-refractivity contribution in [3.05, 3.63) is 99.7 Å². The normalized spacial score (nSPS) is 10.8. The monoisotopic (exact) mass is 450 g/mol. The molecule has 0 aliphatic heterocycles. The topological polar surface area (TPSA) is 108 Å². The number of nitrogens with zero attached hydrogens (tertiary/aromatic N) is 2. The molecule has 3 aromatic carbocycles. The zero-order chi connectivity index (χ0) is 22.2. The summed E-state index contributed by atoms with van der Waals surface area (Å²) in [5.74, 6) is -0.745. The molecule has 1 amide bonds. The Bertz CT molecular complexity index is 1190. The van der Waals surface area contributed by atoms with E-state index in [9.17, 15) is 20.2 Å². The van der Waals surface area contributed by atoms with Crippen LogP contribution in [0.2, 0.25) is 5.02 Å². The second-order valence-electron chi connectivity index (χ2n) is 6.10. The zero-order valence-electron chi connectivity index (χ0n) is 15.9. The number of hydrogen-bond acceptors (Lipinski definition) is 6. The first-order valence-corrected chi connectivity index (χ1v) is 10.1. The van der Waals surface area contributed by atoms with Gasteiger partial charge in [-0.05, 0) is 30.3 Å². The largest absolute Gasteiger partial charge is 0.359 e. The standard InChI is InChI=1S/C22H15ClN4O3S/c23-18-11-10-16(27(29)30)12-20(18)26-22(28)15(13-24)14-25-19-8-4-5-9-21(19)31-17-6-2-1-3-7-17/h1-12,14,25H,(H,26,28)/b15-14-. The zero-order valence-corrected chi connectivity index (χ0v) is 17.5. The maximum absolute atomic E-state index is 12.5. The molecule has 3 rings (SSSR count). The van der Waals surface area contributed by atoms with Crippen molar-refractivity contribution in [1.29, 1.82) is 5.26 Å². The van der Waals surface area contributed by atoms with E-state index < -0.39 is 10.8 Å². The van der Waals surface area contributed by atoms with Crippen LogP contribution in [-0.2, 0) is 4.79 Å². The quantitative estimate of drug-likeness (QED) is 0.202. The molecule has 7 nitrogen and oxygen atoms in total. The van der Waals surface area contributed by atoms with Crippen molar-refractivity contribution in [1.82, 2.24) is 0 Å². The Morgan fingerprint density at radius 1 is 1.06 bits per heavy atom. The highest BCUT2D eigenvalue weighted by molar-refractivity contribution is 7.99. The van der Waals surface area contributed by atoms with Crippen LogP contribution in [0.3, 0.4) is 0 Å². The molecule has 154 valence electrons. The van der Waals surface area contributed by atoms with E-state index in [2.05, 4.69) is 10.6 Å². The smallest absolute Gasteiger partial charge is 0.271 e. The predicted molar refractivity (Wildman–Crippen MR) is 121 cm³/mol. The summed E-state index contributed by atoms with van der Waals surface area (Å²) >= 11 is 7.54. The van der Waals surface area contributed by atoms with Gasteiger partial charge < -0.3 is 10.6 Å². The highest BCUT2D eigenvalue weighted by Gasteiger charge is 2.15. The maximum atomic E-state index is 12.5. The number of benzene rings is 3. The van der Waals surface area contributed by atoms with Gasteiger partial charge in [0.25, 0.3) is 11.6 Å². The van der Waals surface area contributed by atoms with E-state index in [0.29, 0.717) is 5.69 Å². The van der Waals surface area contributed by atoms with Crippen molar-refractivity contribution < 1.29 is 9.72 Å². The van der Waals surface area contributed by atoms with Crippen LogP contribution in [-0.4, -0.2) is 10.8 Å². The Hall–Kier alpha value is -3.80. The highest BCUT2D eigenvalue weighted by atomic mass is 35.5. The molecule has 0 saturated heterocycles. The van der Waals surface area contributed by atoms with Gasteiger partial charge in [-0.3, -0.25) is 14.9 Å². The van der Waals surface area contributed by atoms with E-state index in [1.54, 1.807) is 0 Å². The summed E-state index contributed by atoms with van der Waals surface area (Å²) in [6.07, 6.45) is 1.28. The van der Waals surface area contributed by atoms with Crippen LogP contribution in [0.1, 0.15) is 0 Å². The molecule has 0 radical (unpaired) electrons. The summed E-state index contributed by atoms with van der Waals surface area (Å²) in [6, 6.07) is 22.7. The molecule has 0 bridgehead atoms. The molecule has 0 heterocycles. The van der Waals surface area contributed by atoms with Gasteiger partial charge in [0.05, 0.1) is 21.3 Å². The second kappa shape index (κ2) is 10.3. The van der Waals surface area contributed by atoms with Crippen LogP contribution >= 0.6 is 23.4 Å². The molecule has 0 atom stereocenters. The van der Waals surface area contributed by atoms with Gasteiger partial charge in [-0.2, -0.15) is 5.26 Å². The van der Waals surface area contributed by atoms with E-state index in [4.69, 9.17) is 11.6 Å². The third-order valence-electron chi connectivity index (χ3n) is 4.00. The van der Waals surface area contributed by atoms with Crippen LogP contribution in [0.5, 0.6) is 0 Å². The summed E-state index contributed by atoms with van der Waals surface area (Å²) in [6.45, 7) is 0. The van der Waals surface area contributed by atoms with E-state index in [-0.39, 0.29) is 22.0 Å². The number of para-hydroxylation sites is 1. The number of nitro groups is 1. The molecule has 0 aromatic heterocycles. The lowest BCUT2D eigenvalue weighted by atomic mass is 10.2. The number of non-ortho nitro benzene ring substituents is 1. The van der Waals surface area contributed by atoms with Crippen LogP contribution in [0.15, 0.2) is 94.4 Å². The average molecular weight is 451 g/mol. The maximum Gasteiger partial charge on any atom is 0.271 e. The number of carbonyl (C=O) groups excluding carboxylic acids is 1. The summed E-state index contributed by atoms with van der Waals surface area (Å²) in [5, 5.41) is 25.9. The average Bonchev–Trinajstić information content (AvgIpc) is 2.77. The van der Waals surface area contributed by atoms with Gasteiger partial charge in [0.2, 0.25) is 0 Å². The van der Waals surface area contributed by atoms with Gasteiger partial charge in [0.1, 0.15) is 11.6 Å². The Morgan fingerprint density at radius 2 is 1.77 bits per heavy atom. The summed E-state index contributed by atoms with van der Waals surface area (Å²) < 4.78 is 0. The van der Waals surface area contributed by atoms with Gasteiger partial charge >= 0.3 is 0 Å². The van der Waals surface area contributed by atoms with E-state index >= 15 is 0 Å². The van der Waals surface area contributed by atoms with Crippen molar-refractivity contribution in [2.45, 2.75) is 9.79 Å². The first kappa shape index (κ1) is 21.9. The van der Waals surface area contributed by atoms with Crippen LogP contribution in [0.4, 0.5) is 17.1 Å². The van der Waals surface area contributed by atoms with E-state index in [1.165, 1.54) is 30.1 Å². The number of rotatable bonds is 7. The van der Waals surface area contributed by atoms with E-state index in [1.807, 2.05) is 60.7 Å². The van der Waals surface area contributed by atoms with Crippen LogP contribution in [0.25, 0.3) is 0 Å². The fourth-order valence-corrected chi connectivity index (χ4v) is 3.60. The minimum Gasteiger partial charge on any atom is -0.359 e. The first-order valence-electron chi connectivity index (χ1n) is 8.92.